The van der Waals surface area contributed by atoms with E-state index in [9.17, 15) is 9.59 Å². The zero-order chi connectivity index (χ0) is 19.7. The summed E-state index contributed by atoms with van der Waals surface area (Å²) in [6.07, 6.45) is 1.54. The van der Waals surface area contributed by atoms with Gasteiger partial charge < -0.3 is 4.74 Å². The van der Waals surface area contributed by atoms with Crippen molar-refractivity contribution in [3.05, 3.63) is 63.1 Å². The molecule has 2 aromatic carbocycles. The van der Waals surface area contributed by atoms with Crippen molar-refractivity contribution in [3.63, 3.8) is 0 Å². The first-order valence-corrected chi connectivity index (χ1v) is 9.35. The lowest BCUT2D eigenvalue weighted by Crippen LogP contribution is -2.54. The van der Waals surface area contributed by atoms with Gasteiger partial charge in [0.05, 0.1) is 17.3 Å². The van der Waals surface area contributed by atoms with E-state index in [-0.39, 0.29) is 10.7 Å². The fraction of sp³-hybridized carbons (Fsp3) is 0.150. The van der Waals surface area contributed by atoms with Crippen molar-refractivity contribution >= 4 is 56.8 Å². The van der Waals surface area contributed by atoms with Crippen LogP contribution in [-0.4, -0.2) is 24.0 Å². The summed E-state index contributed by atoms with van der Waals surface area (Å²) in [5.74, 6) is -0.308. The maximum absolute atomic E-state index is 13.1. The molecule has 1 aliphatic rings. The lowest BCUT2D eigenvalue weighted by molar-refractivity contribution is -0.122. The van der Waals surface area contributed by atoms with Gasteiger partial charge in [-0.15, -0.1) is 0 Å². The standard InChI is InChI=1S/C20H17BrN2O3S/c1-11-5-4-6-16(12(11)2)23-19(25)14(18(24)22-20(23)27)9-13-7-8-17(26-3)15(21)10-13/h4-10H,1-3H3,(H,22,24,27)/b14-9+. The summed E-state index contributed by atoms with van der Waals surface area (Å²) in [6, 6.07) is 10.9. The number of carbonyl (C=O) groups excluding carboxylic acids is 2. The van der Waals surface area contributed by atoms with Gasteiger partial charge in [-0.1, -0.05) is 18.2 Å². The number of hydrogen-bond donors (Lipinski definition) is 1. The lowest BCUT2D eigenvalue weighted by atomic mass is 10.0. The number of methoxy groups -OCH3 is 1. The Kier molecular flexibility index (Phi) is 5.43. The molecule has 0 saturated carbocycles. The van der Waals surface area contributed by atoms with Gasteiger partial charge in [-0.25, -0.2) is 0 Å². The van der Waals surface area contributed by atoms with Crippen LogP contribution in [-0.2, 0) is 9.59 Å². The Balaban J connectivity index is 2.05. The highest BCUT2D eigenvalue weighted by Gasteiger charge is 2.35. The van der Waals surface area contributed by atoms with Crippen molar-refractivity contribution in [1.29, 1.82) is 0 Å². The van der Waals surface area contributed by atoms with Gasteiger partial charge in [-0.2, -0.15) is 0 Å². The minimum Gasteiger partial charge on any atom is -0.496 e. The van der Waals surface area contributed by atoms with Crippen LogP contribution in [0.2, 0.25) is 0 Å². The van der Waals surface area contributed by atoms with Crippen molar-refractivity contribution in [2.24, 2.45) is 0 Å². The quantitative estimate of drug-likeness (QED) is 0.442. The van der Waals surface area contributed by atoms with Crippen molar-refractivity contribution in [2.45, 2.75) is 13.8 Å². The highest BCUT2D eigenvalue weighted by atomic mass is 79.9. The molecule has 0 aromatic heterocycles. The average molecular weight is 445 g/mol. The first-order valence-electron chi connectivity index (χ1n) is 8.14. The number of nitrogens with one attached hydrogen (secondary N) is 1. The predicted molar refractivity (Wildman–Crippen MR) is 113 cm³/mol. The maximum Gasteiger partial charge on any atom is 0.270 e. The van der Waals surface area contributed by atoms with E-state index in [0.29, 0.717) is 17.0 Å². The molecule has 0 unspecified atom stereocenters. The number of rotatable bonds is 3. The molecule has 1 N–H and O–H groups in total. The summed E-state index contributed by atoms with van der Waals surface area (Å²) in [6.45, 7) is 3.88. The molecule has 1 saturated heterocycles. The Hall–Kier alpha value is -2.51. The van der Waals surface area contributed by atoms with Crippen LogP contribution in [0.1, 0.15) is 16.7 Å². The Morgan fingerprint density at radius 1 is 1.19 bits per heavy atom. The molecule has 0 radical (unpaired) electrons. The minimum absolute atomic E-state index is 0.0153. The number of anilines is 1. The number of hydrogen-bond acceptors (Lipinski definition) is 4. The molecule has 138 valence electrons. The van der Waals surface area contributed by atoms with Gasteiger partial charge >= 0.3 is 0 Å². The van der Waals surface area contributed by atoms with E-state index in [2.05, 4.69) is 21.2 Å². The number of thiocarbonyl (C=S) groups is 1. The van der Waals surface area contributed by atoms with Crippen LogP contribution < -0.4 is 15.0 Å². The van der Waals surface area contributed by atoms with Crippen LogP contribution in [0.4, 0.5) is 5.69 Å². The highest BCUT2D eigenvalue weighted by molar-refractivity contribution is 9.10. The van der Waals surface area contributed by atoms with Crippen molar-refractivity contribution in [3.8, 4) is 5.75 Å². The molecule has 2 aromatic rings. The largest absolute Gasteiger partial charge is 0.496 e. The van der Waals surface area contributed by atoms with Gasteiger partial charge in [0.15, 0.2) is 5.11 Å². The van der Waals surface area contributed by atoms with E-state index in [1.807, 2.05) is 32.0 Å². The Morgan fingerprint density at radius 3 is 2.59 bits per heavy atom. The van der Waals surface area contributed by atoms with Gasteiger partial charge in [0.2, 0.25) is 0 Å². The molecule has 1 heterocycles. The molecule has 2 amide bonds. The normalized spacial score (nSPS) is 15.9. The maximum atomic E-state index is 13.1. The van der Waals surface area contributed by atoms with Gasteiger partial charge in [-0.3, -0.25) is 19.8 Å². The Labute approximate surface area is 171 Å². The summed E-state index contributed by atoms with van der Waals surface area (Å²) in [5.41, 5.74) is 3.32. The second-order valence-electron chi connectivity index (χ2n) is 6.07. The third-order valence-electron chi connectivity index (χ3n) is 4.41. The molecule has 0 bridgehead atoms. The van der Waals surface area contributed by atoms with Gasteiger partial charge in [0.25, 0.3) is 11.8 Å². The first kappa shape index (κ1) is 19.3. The fourth-order valence-electron chi connectivity index (χ4n) is 2.79. The number of ether oxygens (including phenoxy) is 1. The van der Waals surface area contributed by atoms with Gasteiger partial charge in [0, 0.05) is 0 Å². The van der Waals surface area contributed by atoms with E-state index in [1.165, 1.54) is 4.90 Å². The number of carbonyl (C=O) groups is 2. The van der Waals surface area contributed by atoms with E-state index in [0.717, 1.165) is 15.6 Å². The summed E-state index contributed by atoms with van der Waals surface area (Å²) in [5, 5.41) is 2.68. The summed E-state index contributed by atoms with van der Waals surface area (Å²) in [7, 11) is 1.57. The van der Waals surface area contributed by atoms with Crippen molar-refractivity contribution < 1.29 is 14.3 Å². The summed E-state index contributed by atoms with van der Waals surface area (Å²) < 4.78 is 5.93. The van der Waals surface area contributed by atoms with Crippen LogP contribution in [0, 0.1) is 13.8 Å². The van der Waals surface area contributed by atoms with Crippen molar-refractivity contribution in [1.82, 2.24) is 5.32 Å². The fourth-order valence-corrected chi connectivity index (χ4v) is 3.63. The van der Waals surface area contributed by atoms with Crippen LogP contribution in [0.5, 0.6) is 5.75 Å². The van der Waals surface area contributed by atoms with Crippen molar-refractivity contribution in [2.75, 3.05) is 12.0 Å². The third kappa shape index (κ3) is 3.65. The first-order chi connectivity index (χ1) is 12.8. The molecule has 3 rings (SSSR count). The number of aryl methyl sites for hydroxylation is 1. The molecule has 1 aliphatic heterocycles. The summed E-state index contributed by atoms with van der Waals surface area (Å²) >= 11 is 8.67. The van der Waals surface area contributed by atoms with Gasteiger partial charge in [0.1, 0.15) is 11.3 Å². The molecular formula is C20H17BrN2O3S. The van der Waals surface area contributed by atoms with E-state index in [1.54, 1.807) is 31.4 Å². The van der Waals surface area contributed by atoms with Crippen LogP contribution in [0.15, 0.2) is 46.4 Å². The van der Waals surface area contributed by atoms with Crippen LogP contribution in [0.25, 0.3) is 6.08 Å². The van der Waals surface area contributed by atoms with E-state index in [4.69, 9.17) is 17.0 Å². The lowest BCUT2D eigenvalue weighted by Gasteiger charge is -2.30. The predicted octanol–water partition coefficient (Wildman–Crippen LogP) is 3.91. The second-order valence-corrected chi connectivity index (χ2v) is 7.31. The minimum atomic E-state index is -0.515. The average Bonchev–Trinajstić information content (AvgIpc) is 2.62. The van der Waals surface area contributed by atoms with E-state index < -0.39 is 11.8 Å². The number of halogens is 1. The monoisotopic (exact) mass is 444 g/mol. The molecule has 0 aliphatic carbocycles. The molecule has 1 fully saturated rings. The van der Waals surface area contributed by atoms with Gasteiger partial charge in [-0.05, 0) is 83.0 Å². The topological polar surface area (TPSA) is 58.6 Å². The van der Waals surface area contributed by atoms with Crippen LogP contribution >= 0.6 is 28.1 Å². The molecule has 27 heavy (non-hydrogen) atoms. The molecule has 0 spiro atoms. The summed E-state index contributed by atoms with van der Waals surface area (Å²) in [4.78, 5) is 26.9. The molecule has 5 nitrogen and oxygen atoms in total. The Morgan fingerprint density at radius 2 is 1.93 bits per heavy atom. The zero-order valence-electron chi connectivity index (χ0n) is 15.0. The SMILES string of the molecule is COc1ccc(/C=C2\C(=O)NC(=S)N(c3cccc(C)c3C)C2=O)cc1Br. The second kappa shape index (κ2) is 7.62. The van der Waals surface area contributed by atoms with E-state index >= 15 is 0 Å². The Bertz CT molecular complexity index is 1000. The number of benzene rings is 2. The highest BCUT2D eigenvalue weighted by Crippen LogP contribution is 2.29. The van der Waals surface area contributed by atoms with Crippen LogP contribution in [0.3, 0.4) is 0 Å². The smallest absolute Gasteiger partial charge is 0.270 e. The number of amides is 2. The third-order valence-corrected chi connectivity index (χ3v) is 5.31. The molecule has 0 atom stereocenters. The zero-order valence-corrected chi connectivity index (χ0v) is 17.4. The number of nitrogens with zero attached hydrogens (tertiary/aromatic N) is 1. The molecule has 7 heteroatoms. The molecular weight excluding hydrogens is 428 g/mol.